The van der Waals surface area contributed by atoms with Crippen LogP contribution in [0.1, 0.15) is 27.2 Å². The number of sulfonamides is 1. The molecule has 0 aliphatic rings. The SMILES string of the molecule is CC(C)OCCCN(CC(C)C(=O)O)S(C)(=O)=O. The van der Waals surface area contributed by atoms with E-state index in [1.165, 1.54) is 11.2 Å². The molecule has 0 aromatic carbocycles. The number of hydrogen-bond acceptors (Lipinski definition) is 4. The molecule has 7 heteroatoms. The van der Waals surface area contributed by atoms with E-state index in [-0.39, 0.29) is 19.2 Å². The fourth-order valence-corrected chi connectivity index (χ4v) is 2.29. The molecule has 0 aromatic rings. The van der Waals surface area contributed by atoms with Crippen LogP contribution < -0.4 is 0 Å². The first-order valence-electron chi connectivity index (χ1n) is 5.94. The summed E-state index contributed by atoms with van der Waals surface area (Å²) in [7, 11) is -3.38. The first-order chi connectivity index (χ1) is 8.14. The van der Waals surface area contributed by atoms with E-state index in [1.54, 1.807) is 0 Å². The van der Waals surface area contributed by atoms with Crippen LogP contribution >= 0.6 is 0 Å². The number of ether oxygens (including phenoxy) is 1. The molecule has 0 radical (unpaired) electrons. The van der Waals surface area contributed by atoms with E-state index < -0.39 is 21.9 Å². The van der Waals surface area contributed by atoms with Crippen LogP contribution in [-0.2, 0) is 19.6 Å². The molecule has 1 unspecified atom stereocenters. The van der Waals surface area contributed by atoms with Crippen LogP contribution in [0, 0.1) is 5.92 Å². The molecule has 0 saturated carbocycles. The Hall–Kier alpha value is -0.660. The van der Waals surface area contributed by atoms with Crippen LogP contribution in [0.15, 0.2) is 0 Å². The molecular formula is C11H23NO5S. The minimum absolute atomic E-state index is 0.00412. The van der Waals surface area contributed by atoms with Gasteiger partial charge in [-0.15, -0.1) is 0 Å². The highest BCUT2D eigenvalue weighted by Gasteiger charge is 2.22. The zero-order valence-corrected chi connectivity index (χ0v) is 12.2. The molecule has 0 rings (SSSR count). The molecule has 0 spiro atoms. The van der Waals surface area contributed by atoms with Gasteiger partial charge in [-0.05, 0) is 20.3 Å². The van der Waals surface area contributed by atoms with Crippen molar-refractivity contribution < 1.29 is 23.1 Å². The number of carboxylic acids is 1. The second kappa shape index (κ2) is 7.70. The average Bonchev–Trinajstić information content (AvgIpc) is 2.19. The summed E-state index contributed by atoms with van der Waals surface area (Å²) in [6.45, 7) is 6.04. The first-order valence-corrected chi connectivity index (χ1v) is 7.79. The Morgan fingerprint density at radius 3 is 2.28 bits per heavy atom. The summed E-state index contributed by atoms with van der Waals surface area (Å²) < 4.78 is 29.5. The Labute approximate surface area is 109 Å². The van der Waals surface area contributed by atoms with Crippen LogP contribution in [0.4, 0.5) is 0 Å². The molecule has 18 heavy (non-hydrogen) atoms. The smallest absolute Gasteiger partial charge is 0.307 e. The molecule has 0 heterocycles. The molecule has 0 saturated heterocycles. The second-order valence-electron chi connectivity index (χ2n) is 4.63. The highest BCUT2D eigenvalue weighted by atomic mass is 32.2. The van der Waals surface area contributed by atoms with Crippen molar-refractivity contribution in [1.82, 2.24) is 4.31 Å². The Balaban J connectivity index is 4.31. The van der Waals surface area contributed by atoms with E-state index >= 15 is 0 Å². The number of rotatable bonds is 9. The predicted octanol–water partition coefficient (Wildman–Crippen LogP) is 0.784. The molecule has 0 aliphatic heterocycles. The van der Waals surface area contributed by atoms with E-state index in [9.17, 15) is 13.2 Å². The van der Waals surface area contributed by atoms with Gasteiger partial charge in [-0.2, -0.15) is 0 Å². The van der Waals surface area contributed by atoms with Crippen molar-refractivity contribution in [2.75, 3.05) is 26.0 Å². The molecule has 108 valence electrons. The summed E-state index contributed by atoms with van der Waals surface area (Å²) in [6.07, 6.45) is 1.75. The molecule has 0 bridgehead atoms. The zero-order chi connectivity index (χ0) is 14.3. The molecule has 6 nitrogen and oxygen atoms in total. The highest BCUT2D eigenvalue weighted by Crippen LogP contribution is 2.06. The van der Waals surface area contributed by atoms with Crippen LogP contribution in [-0.4, -0.2) is 55.9 Å². The maximum Gasteiger partial charge on any atom is 0.307 e. The fraction of sp³-hybridized carbons (Fsp3) is 0.909. The van der Waals surface area contributed by atoms with Gasteiger partial charge in [0.1, 0.15) is 0 Å². The van der Waals surface area contributed by atoms with Crippen LogP contribution in [0.5, 0.6) is 0 Å². The van der Waals surface area contributed by atoms with Crippen LogP contribution in [0.2, 0.25) is 0 Å². The second-order valence-corrected chi connectivity index (χ2v) is 6.62. The van der Waals surface area contributed by atoms with Crippen molar-refractivity contribution in [3.63, 3.8) is 0 Å². The van der Waals surface area contributed by atoms with Crippen LogP contribution in [0.3, 0.4) is 0 Å². The normalized spacial score (nSPS) is 14.1. The lowest BCUT2D eigenvalue weighted by atomic mass is 10.2. The Morgan fingerprint density at radius 1 is 1.33 bits per heavy atom. The van der Waals surface area contributed by atoms with E-state index in [1.807, 2.05) is 13.8 Å². The Kier molecular flexibility index (Phi) is 7.42. The summed E-state index contributed by atoms with van der Waals surface area (Å²) in [6, 6.07) is 0. The van der Waals surface area contributed by atoms with Crippen molar-refractivity contribution in [3.05, 3.63) is 0 Å². The Morgan fingerprint density at radius 2 is 1.89 bits per heavy atom. The van der Waals surface area contributed by atoms with Gasteiger partial charge in [-0.3, -0.25) is 4.79 Å². The van der Waals surface area contributed by atoms with Gasteiger partial charge in [-0.25, -0.2) is 12.7 Å². The zero-order valence-electron chi connectivity index (χ0n) is 11.4. The third kappa shape index (κ3) is 7.62. The third-order valence-corrected chi connectivity index (χ3v) is 3.64. The summed E-state index contributed by atoms with van der Waals surface area (Å²) in [5.74, 6) is -1.71. The average molecular weight is 281 g/mol. The van der Waals surface area contributed by atoms with Crippen molar-refractivity contribution in [1.29, 1.82) is 0 Å². The lowest BCUT2D eigenvalue weighted by molar-refractivity contribution is -0.141. The number of carboxylic acid groups (broad SMARTS) is 1. The van der Waals surface area contributed by atoms with Gasteiger partial charge >= 0.3 is 5.97 Å². The third-order valence-electron chi connectivity index (χ3n) is 2.37. The molecule has 0 aliphatic carbocycles. The largest absolute Gasteiger partial charge is 0.481 e. The van der Waals surface area contributed by atoms with E-state index in [0.717, 1.165) is 6.26 Å². The monoisotopic (exact) mass is 281 g/mol. The van der Waals surface area contributed by atoms with E-state index in [0.29, 0.717) is 13.0 Å². The first kappa shape index (κ1) is 17.3. The van der Waals surface area contributed by atoms with Gasteiger partial charge in [0.2, 0.25) is 10.0 Å². The molecule has 0 fully saturated rings. The predicted molar refractivity (Wildman–Crippen MR) is 68.9 cm³/mol. The van der Waals surface area contributed by atoms with Crippen molar-refractivity contribution in [3.8, 4) is 0 Å². The number of hydrogen-bond donors (Lipinski definition) is 1. The van der Waals surface area contributed by atoms with Gasteiger partial charge in [0.15, 0.2) is 0 Å². The summed E-state index contributed by atoms with van der Waals surface area (Å²) in [5.41, 5.74) is 0. The topological polar surface area (TPSA) is 83.9 Å². The fourth-order valence-electron chi connectivity index (χ4n) is 1.34. The Bertz CT molecular complexity index is 352. The minimum Gasteiger partial charge on any atom is -0.481 e. The highest BCUT2D eigenvalue weighted by molar-refractivity contribution is 7.88. The number of carbonyl (C=O) groups is 1. The van der Waals surface area contributed by atoms with Gasteiger partial charge in [-0.1, -0.05) is 6.92 Å². The van der Waals surface area contributed by atoms with Crippen molar-refractivity contribution >= 4 is 16.0 Å². The van der Waals surface area contributed by atoms with Crippen LogP contribution in [0.25, 0.3) is 0 Å². The quantitative estimate of drug-likeness (QED) is 0.631. The lowest BCUT2D eigenvalue weighted by Crippen LogP contribution is -2.37. The molecule has 0 amide bonds. The number of nitrogens with zero attached hydrogens (tertiary/aromatic N) is 1. The van der Waals surface area contributed by atoms with E-state index in [2.05, 4.69) is 0 Å². The lowest BCUT2D eigenvalue weighted by Gasteiger charge is -2.22. The maximum absolute atomic E-state index is 11.5. The van der Waals surface area contributed by atoms with Gasteiger partial charge in [0.25, 0.3) is 0 Å². The molecule has 1 N–H and O–H groups in total. The van der Waals surface area contributed by atoms with Crippen molar-refractivity contribution in [2.24, 2.45) is 5.92 Å². The summed E-state index contributed by atoms with van der Waals surface area (Å²) in [5, 5.41) is 8.79. The van der Waals surface area contributed by atoms with Gasteiger partial charge in [0.05, 0.1) is 18.3 Å². The molecule has 0 aromatic heterocycles. The van der Waals surface area contributed by atoms with Gasteiger partial charge in [0, 0.05) is 19.7 Å². The van der Waals surface area contributed by atoms with E-state index in [4.69, 9.17) is 9.84 Å². The van der Waals surface area contributed by atoms with Crippen molar-refractivity contribution in [2.45, 2.75) is 33.3 Å². The van der Waals surface area contributed by atoms with Gasteiger partial charge < -0.3 is 9.84 Å². The minimum atomic E-state index is -3.38. The summed E-state index contributed by atoms with van der Waals surface area (Å²) in [4.78, 5) is 10.7. The standard InChI is InChI=1S/C11H23NO5S/c1-9(2)17-7-5-6-12(18(4,15)16)8-10(3)11(13)14/h9-10H,5-8H2,1-4H3,(H,13,14). The molecule has 1 atom stereocenters. The number of aliphatic carboxylic acids is 1. The molecular weight excluding hydrogens is 258 g/mol. The summed E-state index contributed by atoms with van der Waals surface area (Å²) >= 11 is 0. The maximum atomic E-state index is 11.5.